The molecule has 0 saturated carbocycles. The molecule has 3 aromatic carbocycles. The molecule has 10 heteroatoms. The number of hydrogen-bond donors (Lipinski definition) is 2. The summed E-state index contributed by atoms with van der Waals surface area (Å²) in [5, 5.41) is 3.07. The summed E-state index contributed by atoms with van der Waals surface area (Å²) in [6.07, 6.45) is 1.51. The number of carbonyl (C=O) groups is 2. The number of sulfonamides is 1. The summed E-state index contributed by atoms with van der Waals surface area (Å²) in [6.45, 7) is 8.44. The van der Waals surface area contributed by atoms with Crippen LogP contribution in [0.3, 0.4) is 0 Å². The van der Waals surface area contributed by atoms with Crippen LogP contribution in [0.15, 0.2) is 71.6 Å². The standard InChI is InChI=1S/C32H38N4O5S/c1-21-8-15-25(16-9-21)42(39,40)34-23-12-17-27-26(19-23)29(30(37)33-32(2,3)4)36(31(38)28-7-6-18-35(27)28)20-22-10-13-24(41-5)14-11-22/h8-17,19,28-29,34H,6-7,18,20H2,1-5H3,(H,33,37)/t28?,29-/m0/s1. The topological polar surface area (TPSA) is 108 Å². The van der Waals surface area contributed by atoms with Crippen molar-refractivity contribution in [2.24, 2.45) is 0 Å². The molecule has 0 aromatic heterocycles. The van der Waals surface area contributed by atoms with Crippen LogP contribution in [-0.4, -0.2) is 50.4 Å². The summed E-state index contributed by atoms with van der Waals surface area (Å²) < 4.78 is 34.5. The summed E-state index contributed by atoms with van der Waals surface area (Å²) in [5.41, 5.74) is 2.90. The average molecular weight is 591 g/mol. The maximum Gasteiger partial charge on any atom is 0.261 e. The lowest BCUT2D eigenvalue weighted by Crippen LogP contribution is -2.50. The Bertz CT molecular complexity index is 1580. The minimum absolute atomic E-state index is 0.129. The quantitative estimate of drug-likeness (QED) is 0.411. The minimum Gasteiger partial charge on any atom is -0.497 e. The Balaban J connectivity index is 1.61. The molecule has 2 atom stereocenters. The van der Waals surface area contributed by atoms with Crippen LogP contribution in [0.4, 0.5) is 11.4 Å². The summed E-state index contributed by atoms with van der Waals surface area (Å²) in [4.78, 5) is 32.1. The predicted molar refractivity (Wildman–Crippen MR) is 163 cm³/mol. The zero-order valence-corrected chi connectivity index (χ0v) is 25.5. The van der Waals surface area contributed by atoms with Crippen molar-refractivity contribution < 1.29 is 22.7 Å². The molecule has 222 valence electrons. The zero-order chi connectivity index (χ0) is 30.2. The first kappa shape index (κ1) is 29.4. The van der Waals surface area contributed by atoms with E-state index in [0.29, 0.717) is 30.0 Å². The van der Waals surface area contributed by atoms with E-state index < -0.39 is 27.6 Å². The average Bonchev–Trinajstić information content (AvgIpc) is 3.39. The number of ether oxygens (including phenoxy) is 1. The van der Waals surface area contributed by atoms with E-state index in [9.17, 15) is 18.0 Å². The number of anilines is 2. The molecule has 1 fully saturated rings. The second-order valence-electron chi connectivity index (χ2n) is 12.0. The van der Waals surface area contributed by atoms with Gasteiger partial charge in [0, 0.05) is 35.6 Å². The number of benzene rings is 3. The van der Waals surface area contributed by atoms with Crippen LogP contribution < -0.4 is 19.7 Å². The molecule has 3 aromatic rings. The number of methoxy groups -OCH3 is 1. The van der Waals surface area contributed by atoms with Crippen LogP contribution in [0.5, 0.6) is 5.75 Å². The maximum atomic E-state index is 14.2. The molecule has 0 radical (unpaired) electrons. The van der Waals surface area contributed by atoms with E-state index in [-0.39, 0.29) is 23.3 Å². The third-order valence-electron chi connectivity index (χ3n) is 7.61. The molecule has 0 aliphatic carbocycles. The normalized spacial score (nSPS) is 18.6. The van der Waals surface area contributed by atoms with Gasteiger partial charge in [-0.3, -0.25) is 14.3 Å². The first-order chi connectivity index (χ1) is 19.9. The molecular weight excluding hydrogens is 552 g/mol. The maximum absolute atomic E-state index is 14.2. The second-order valence-corrected chi connectivity index (χ2v) is 13.7. The van der Waals surface area contributed by atoms with Gasteiger partial charge in [0.05, 0.1) is 12.0 Å². The van der Waals surface area contributed by atoms with Crippen molar-refractivity contribution in [2.75, 3.05) is 23.3 Å². The molecule has 1 unspecified atom stereocenters. The van der Waals surface area contributed by atoms with Crippen molar-refractivity contribution >= 4 is 33.2 Å². The van der Waals surface area contributed by atoms with E-state index in [1.54, 1.807) is 48.4 Å². The van der Waals surface area contributed by atoms with Crippen LogP contribution in [0.1, 0.15) is 56.3 Å². The highest BCUT2D eigenvalue weighted by Crippen LogP contribution is 2.42. The Morgan fingerprint density at radius 2 is 1.71 bits per heavy atom. The lowest BCUT2D eigenvalue weighted by molar-refractivity contribution is -0.142. The van der Waals surface area contributed by atoms with Crippen LogP contribution in [0.25, 0.3) is 0 Å². The van der Waals surface area contributed by atoms with Gasteiger partial charge in [-0.05, 0) is 88.6 Å². The van der Waals surface area contributed by atoms with Crippen LogP contribution in [0, 0.1) is 6.92 Å². The number of carbonyl (C=O) groups excluding carboxylic acids is 2. The van der Waals surface area contributed by atoms with Gasteiger partial charge in [0.1, 0.15) is 17.8 Å². The fourth-order valence-corrected chi connectivity index (χ4v) is 6.70. The van der Waals surface area contributed by atoms with Gasteiger partial charge in [0.2, 0.25) is 11.8 Å². The van der Waals surface area contributed by atoms with Gasteiger partial charge in [0.25, 0.3) is 10.0 Å². The van der Waals surface area contributed by atoms with Crippen molar-refractivity contribution in [2.45, 2.75) is 69.6 Å². The van der Waals surface area contributed by atoms with Gasteiger partial charge in [-0.2, -0.15) is 0 Å². The summed E-state index contributed by atoms with van der Waals surface area (Å²) in [5.74, 6) is 0.237. The van der Waals surface area contributed by atoms with Crippen LogP contribution >= 0.6 is 0 Å². The first-order valence-corrected chi connectivity index (χ1v) is 15.6. The third kappa shape index (κ3) is 6.09. The third-order valence-corrected chi connectivity index (χ3v) is 9.00. The van der Waals surface area contributed by atoms with Crippen molar-refractivity contribution in [1.82, 2.24) is 10.2 Å². The monoisotopic (exact) mass is 590 g/mol. The Labute approximate surface area is 247 Å². The Hall–Kier alpha value is -4.05. The first-order valence-electron chi connectivity index (χ1n) is 14.1. The zero-order valence-electron chi connectivity index (χ0n) is 24.7. The summed E-state index contributed by atoms with van der Waals surface area (Å²) in [7, 11) is -2.29. The van der Waals surface area contributed by atoms with E-state index in [2.05, 4.69) is 14.9 Å². The molecule has 0 spiro atoms. The molecule has 2 aliphatic heterocycles. The highest BCUT2D eigenvalue weighted by molar-refractivity contribution is 7.92. The second kappa shape index (κ2) is 11.3. The highest BCUT2D eigenvalue weighted by atomic mass is 32.2. The van der Waals surface area contributed by atoms with Gasteiger partial charge >= 0.3 is 0 Å². The largest absolute Gasteiger partial charge is 0.497 e. The number of amides is 2. The van der Waals surface area contributed by atoms with Crippen LogP contribution in [-0.2, 0) is 26.2 Å². The number of rotatable bonds is 7. The van der Waals surface area contributed by atoms with Crippen molar-refractivity contribution in [3.63, 3.8) is 0 Å². The number of fused-ring (bicyclic) bond motifs is 3. The van der Waals surface area contributed by atoms with Gasteiger partial charge in [-0.15, -0.1) is 0 Å². The lowest BCUT2D eigenvalue weighted by atomic mass is 9.98. The van der Waals surface area contributed by atoms with E-state index >= 15 is 0 Å². The van der Waals surface area contributed by atoms with Crippen LogP contribution in [0.2, 0.25) is 0 Å². The molecule has 0 bridgehead atoms. The predicted octanol–water partition coefficient (Wildman–Crippen LogP) is 4.77. The van der Waals surface area contributed by atoms with E-state index in [1.807, 2.05) is 58.0 Å². The highest BCUT2D eigenvalue weighted by Gasteiger charge is 2.45. The van der Waals surface area contributed by atoms with E-state index in [4.69, 9.17) is 4.74 Å². The summed E-state index contributed by atoms with van der Waals surface area (Å²) >= 11 is 0. The number of aryl methyl sites for hydroxylation is 1. The van der Waals surface area contributed by atoms with Crippen molar-refractivity contribution in [3.8, 4) is 5.75 Å². The molecule has 2 heterocycles. The minimum atomic E-state index is -3.89. The molecule has 5 rings (SSSR count). The van der Waals surface area contributed by atoms with E-state index in [0.717, 1.165) is 23.2 Å². The van der Waals surface area contributed by atoms with Crippen molar-refractivity contribution in [1.29, 1.82) is 0 Å². The number of nitrogens with zero attached hydrogens (tertiary/aromatic N) is 2. The fraction of sp³-hybridized carbons (Fsp3) is 0.375. The fourth-order valence-electron chi connectivity index (χ4n) is 5.65. The lowest BCUT2D eigenvalue weighted by Gasteiger charge is -2.33. The molecule has 9 nitrogen and oxygen atoms in total. The van der Waals surface area contributed by atoms with Crippen molar-refractivity contribution in [3.05, 3.63) is 83.4 Å². The SMILES string of the molecule is COc1ccc(CN2C(=O)C3CCCN3c3ccc(NS(=O)(=O)c4ccc(C)cc4)cc3[C@H]2C(=O)NC(C)(C)C)cc1. The van der Waals surface area contributed by atoms with E-state index in [1.165, 1.54) is 0 Å². The molecule has 2 amide bonds. The van der Waals surface area contributed by atoms with Gasteiger partial charge in [-0.1, -0.05) is 29.8 Å². The molecule has 2 aliphatic rings. The Kier molecular flexibility index (Phi) is 7.94. The smallest absolute Gasteiger partial charge is 0.261 e. The number of nitrogens with one attached hydrogen (secondary N) is 2. The van der Waals surface area contributed by atoms with Gasteiger partial charge in [-0.25, -0.2) is 8.42 Å². The molecule has 42 heavy (non-hydrogen) atoms. The van der Waals surface area contributed by atoms with Gasteiger partial charge < -0.3 is 19.9 Å². The Morgan fingerprint density at radius 3 is 2.36 bits per heavy atom. The Morgan fingerprint density at radius 1 is 1.02 bits per heavy atom. The molecular formula is C32H38N4O5S. The molecule has 1 saturated heterocycles. The summed E-state index contributed by atoms with van der Waals surface area (Å²) in [6, 6.07) is 17.9. The number of hydrogen-bond acceptors (Lipinski definition) is 6. The molecule has 2 N–H and O–H groups in total. The van der Waals surface area contributed by atoms with Gasteiger partial charge in [0.15, 0.2) is 0 Å².